The van der Waals surface area contributed by atoms with Crippen LogP contribution in [0.3, 0.4) is 0 Å². The van der Waals surface area contributed by atoms with Crippen molar-refractivity contribution < 1.29 is 17.6 Å². The predicted molar refractivity (Wildman–Crippen MR) is 107 cm³/mol. The Kier molecular flexibility index (Phi) is 6.18. The Hall–Kier alpha value is -2.61. The van der Waals surface area contributed by atoms with Gasteiger partial charge in [-0.05, 0) is 42.8 Å². The van der Waals surface area contributed by atoms with Gasteiger partial charge in [-0.3, -0.25) is 4.79 Å². The van der Waals surface area contributed by atoms with Crippen LogP contribution in [0.15, 0.2) is 70.2 Å². The third kappa shape index (κ3) is 5.01. The molecule has 0 aliphatic heterocycles. The molecule has 0 bridgehead atoms. The highest BCUT2D eigenvalue weighted by Crippen LogP contribution is 2.23. The summed E-state index contributed by atoms with van der Waals surface area (Å²) in [6.45, 7) is 2.30. The van der Waals surface area contributed by atoms with E-state index in [2.05, 4.69) is 10.0 Å². The highest BCUT2D eigenvalue weighted by Gasteiger charge is 2.20. The van der Waals surface area contributed by atoms with E-state index >= 15 is 0 Å². The molecule has 0 radical (unpaired) electrons. The van der Waals surface area contributed by atoms with E-state index in [4.69, 9.17) is 16.0 Å². The first-order valence-corrected chi connectivity index (χ1v) is 10.4. The zero-order chi connectivity index (χ0) is 20.1. The minimum Gasteiger partial charge on any atom is -0.468 e. The number of furan rings is 1. The fourth-order valence-electron chi connectivity index (χ4n) is 2.50. The van der Waals surface area contributed by atoms with Crippen molar-refractivity contribution in [2.75, 3.05) is 0 Å². The molecule has 146 valence electrons. The summed E-state index contributed by atoms with van der Waals surface area (Å²) in [5.74, 6) is 0.0754. The quantitative estimate of drug-likeness (QED) is 0.613. The molecule has 0 unspecified atom stereocenters. The first-order valence-electron chi connectivity index (χ1n) is 8.50. The van der Waals surface area contributed by atoms with Crippen molar-refractivity contribution in [3.8, 4) is 0 Å². The van der Waals surface area contributed by atoms with Crippen LogP contribution in [0.5, 0.6) is 0 Å². The number of nitrogens with one attached hydrogen (secondary N) is 2. The molecule has 1 amide bonds. The van der Waals surface area contributed by atoms with Gasteiger partial charge in [0.15, 0.2) is 0 Å². The van der Waals surface area contributed by atoms with E-state index in [0.29, 0.717) is 12.3 Å². The standard InChI is InChI=1S/C20H19ClN2O4S/c1-14-4-6-15(7-5-14)12-22-20(24)16-8-9-18(21)19(11-16)28(25,26)23-13-17-3-2-10-27-17/h2-11,23H,12-13H2,1H3,(H,22,24). The van der Waals surface area contributed by atoms with E-state index in [0.717, 1.165) is 11.1 Å². The minimum absolute atomic E-state index is 0.0183. The summed E-state index contributed by atoms with van der Waals surface area (Å²) in [7, 11) is -3.92. The van der Waals surface area contributed by atoms with Gasteiger partial charge in [-0.25, -0.2) is 13.1 Å². The number of aryl methyl sites for hydroxylation is 1. The van der Waals surface area contributed by atoms with Gasteiger partial charge in [0.1, 0.15) is 10.7 Å². The molecular weight excluding hydrogens is 400 g/mol. The van der Waals surface area contributed by atoms with E-state index < -0.39 is 10.0 Å². The van der Waals surface area contributed by atoms with Crippen molar-refractivity contribution in [2.24, 2.45) is 0 Å². The van der Waals surface area contributed by atoms with Crippen LogP contribution in [0.4, 0.5) is 0 Å². The van der Waals surface area contributed by atoms with Gasteiger partial charge in [-0.15, -0.1) is 0 Å². The summed E-state index contributed by atoms with van der Waals surface area (Å²) in [5, 5.41) is 2.80. The van der Waals surface area contributed by atoms with E-state index in [1.807, 2.05) is 31.2 Å². The van der Waals surface area contributed by atoms with Crippen LogP contribution in [-0.2, 0) is 23.1 Å². The maximum Gasteiger partial charge on any atom is 0.251 e. The second kappa shape index (κ2) is 8.60. The average molecular weight is 419 g/mol. The molecule has 0 aliphatic rings. The number of carbonyl (C=O) groups is 1. The largest absolute Gasteiger partial charge is 0.468 e. The molecule has 28 heavy (non-hydrogen) atoms. The Morgan fingerprint density at radius 1 is 1.07 bits per heavy atom. The van der Waals surface area contributed by atoms with Crippen LogP contribution < -0.4 is 10.0 Å². The van der Waals surface area contributed by atoms with Crippen LogP contribution in [0.2, 0.25) is 5.02 Å². The fourth-order valence-corrected chi connectivity index (χ4v) is 4.01. The van der Waals surface area contributed by atoms with E-state index in [1.54, 1.807) is 12.1 Å². The minimum atomic E-state index is -3.92. The molecule has 0 saturated heterocycles. The molecule has 3 rings (SSSR count). The average Bonchev–Trinajstić information content (AvgIpc) is 3.20. The summed E-state index contributed by atoms with van der Waals surface area (Å²) in [5.41, 5.74) is 2.28. The smallest absolute Gasteiger partial charge is 0.251 e. The molecule has 0 spiro atoms. The van der Waals surface area contributed by atoms with E-state index in [1.165, 1.54) is 24.5 Å². The Morgan fingerprint density at radius 2 is 1.82 bits per heavy atom. The summed E-state index contributed by atoms with van der Waals surface area (Å²) in [6.07, 6.45) is 1.45. The third-order valence-electron chi connectivity index (χ3n) is 4.07. The first kappa shape index (κ1) is 20.1. The van der Waals surface area contributed by atoms with Crippen molar-refractivity contribution in [2.45, 2.75) is 24.9 Å². The van der Waals surface area contributed by atoms with E-state index in [9.17, 15) is 13.2 Å². The molecule has 6 nitrogen and oxygen atoms in total. The summed E-state index contributed by atoms with van der Waals surface area (Å²) in [6, 6.07) is 15.2. The lowest BCUT2D eigenvalue weighted by Crippen LogP contribution is -2.25. The lowest BCUT2D eigenvalue weighted by atomic mass is 10.1. The van der Waals surface area contributed by atoms with Crippen LogP contribution in [0.25, 0.3) is 0 Å². The van der Waals surface area contributed by atoms with Gasteiger partial charge in [-0.1, -0.05) is 41.4 Å². The number of rotatable bonds is 7. The lowest BCUT2D eigenvalue weighted by Gasteiger charge is -2.10. The number of amides is 1. The van der Waals surface area contributed by atoms with Gasteiger partial charge in [0.2, 0.25) is 10.0 Å². The fraction of sp³-hybridized carbons (Fsp3) is 0.150. The van der Waals surface area contributed by atoms with Gasteiger partial charge in [0, 0.05) is 12.1 Å². The lowest BCUT2D eigenvalue weighted by molar-refractivity contribution is 0.0950. The summed E-state index contributed by atoms with van der Waals surface area (Å²) < 4.78 is 32.7. The number of hydrogen-bond donors (Lipinski definition) is 2. The van der Waals surface area contributed by atoms with Crippen molar-refractivity contribution in [3.05, 3.63) is 88.3 Å². The Bertz CT molecular complexity index is 1060. The van der Waals surface area contributed by atoms with Crippen LogP contribution in [0.1, 0.15) is 27.2 Å². The Labute approximate surface area is 168 Å². The molecule has 0 aliphatic carbocycles. The zero-order valence-corrected chi connectivity index (χ0v) is 16.7. The molecular formula is C20H19ClN2O4S. The maximum absolute atomic E-state index is 12.6. The zero-order valence-electron chi connectivity index (χ0n) is 15.1. The Morgan fingerprint density at radius 3 is 2.50 bits per heavy atom. The van der Waals surface area contributed by atoms with Crippen molar-refractivity contribution in [1.82, 2.24) is 10.0 Å². The first-order chi connectivity index (χ1) is 13.3. The molecule has 3 aromatic rings. The number of hydrogen-bond acceptors (Lipinski definition) is 4. The monoisotopic (exact) mass is 418 g/mol. The van der Waals surface area contributed by atoms with Gasteiger partial charge in [0.25, 0.3) is 5.91 Å². The molecule has 0 atom stereocenters. The van der Waals surface area contributed by atoms with Crippen molar-refractivity contribution in [3.63, 3.8) is 0 Å². The predicted octanol–water partition coefficient (Wildman–Crippen LogP) is 3.65. The summed E-state index contributed by atoms with van der Waals surface area (Å²) in [4.78, 5) is 12.3. The van der Waals surface area contributed by atoms with Gasteiger partial charge < -0.3 is 9.73 Å². The molecule has 1 heterocycles. The SMILES string of the molecule is Cc1ccc(CNC(=O)c2ccc(Cl)c(S(=O)(=O)NCc3ccco3)c2)cc1. The number of benzene rings is 2. The maximum atomic E-state index is 12.6. The topological polar surface area (TPSA) is 88.4 Å². The molecule has 0 fully saturated rings. The number of halogens is 1. The van der Waals surface area contributed by atoms with Crippen molar-refractivity contribution >= 4 is 27.5 Å². The Balaban J connectivity index is 1.72. The second-order valence-electron chi connectivity index (χ2n) is 6.22. The second-order valence-corrected chi connectivity index (χ2v) is 8.36. The molecule has 2 N–H and O–H groups in total. The van der Waals surface area contributed by atoms with E-state index in [-0.39, 0.29) is 27.9 Å². The van der Waals surface area contributed by atoms with Gasteiger partial charge in [-0.2, -0.15) is 0 Å². The van der Waals surface area contributed by atoms with Gasteiger partial charge >= 0.3 is 0 Å². The van der Waals surface area contributed by atoms with Gasteiger partial charge in [0.05, 0.1) is 17.8 Å². The molecule has 1 aromatic heterocycles. The van der Waals surface area contributed by atoms with Crippen LogP contribution >= 0.6 is 11.6 Å². The highest BCUT2D eigenvalue weighted by atomic mass is 35.5. The summed E-state index contributed by atoms with van der Waals surface area (Å²) >= 11 is 6.06. The normalized spacial score (nSPS) is 11.4. The molecule has 8 heteroatoms. The van der Waals surface area contributed by atoms with Crippen molar-refractivity contribution in [1.29, 1.82) is 0 Å². The highest BCUT2D eigenvalue weighted by molar-refractivity contribution is 7.89. The molecule has 0 saturated carbocycles. The van der Waals surface area contributed by atoms with Crippen LogP contribution in [-0.4, -0.2) is 14.3 Å². The number of sulfonamides is 1. The third-order valence-corrected chi connectivity index (χ3v) is 5.96. The molecule has 2 aromatic carbocycles. The number of carbonyl (C=O) groups excluding carboxylic acids is 1. The van der Waals surface area contributed by atoms with Crippen LogP contribution in [0, 0.1) is 6.92 Å².